The Balaban J connectivity index is 1.29. The van der Waals surface area contributed by atoms with Gasteiger partial charge >= 0.3 is 36.2 Å². The Morgan fingerprint density at radius 1 is 0.449 bits per heavy atom. The maximum Gasteiger partial charge on any atom is 0.410 e. The quantitative estimate of drug-likeness (QED) is 0.0765. The third kappa shape index (κ3) is 23.8. The van der Waals surface area contributed by atoms with Crippen LogP contribution in [0.25, 0.3) is 0 Å². The molecule has 6 rings (SSSR count). The van der Waals surface area contributed by atoms with Gasteiger partial charge in [0.2, 0.25) is 5.91 Å². The molecule has 0 unspecified atom stereocenters. The van der Waals surface area contributed by atoms with Gasteiger partial charge in [-0.2, -0.15) is 0 Å². The van der Waals surface area contributed by atoms with Crippen LogP contribution in [0.5, 0.6) is 5.75 Å². The molecule has 3 aromatic rings. The molecule has 0 radical (unpaired) electrons. The summed E-state index contributed by atoms with van der Waals surface area (Å²) in [4.78, 5) is 103. The van der Waals surface area contributed by atoms with Gasteiger partial charge in [-0.05, 0) is 221 Å². The summed E-state index contributed by atoms with van der Waals surface area (Å²) in [5.41, 5.74) is -1.58. The predicted octanol–water partition coefficient (Wildman–Crippen LogP) is 12.6. The number of amides is 4. The molecule has 18 nitrogen and oxygen atoms in total. The SMILES string of the molecule is [2H]C([2H])(c1cccc(C[C@H](C(=O)OC(C)(C)C)[C@H]2CCN(C(=O)OC(C)(C)C)C2)c1)N(CCOc1cccc(C[C@H](C(=O)OC(C)(C)C)[C@H]2CCN(C(=O)OC(C)(C)C)C2)c1)C(=O)Cc1cccc(C[C@H](C(=O)OC(C)(C)C)[C@H]2CCN(C(=O)OC(C)(C)C)C2)c1. The zero-order valence-electron chi connectivity index (χ0n) is 58.5. The van der Waals surface area contributed by atoms with Gasteiger partial charge in [-0.1, -0.05) is 60.7 Å². The van der Waals surface area contributed by atoms with Crippen LogP contribution in [0, 0.1) is 35.5 Å². The second kappa shape index (κ2) is 29.4. The van der Waals surface area contributed by atoms with Gasteiger partial charge in [0, 0.05) is 45.8 Å². The van der Waals surface area contributed by atoms with Crippen LogP contribution in [0.4, 0.5) is 14.4 Å². The van der Waals surface area contributed by atoms with Crippen molar-refractivity contribution in [3.05, 3.63) is 101 Å². The summed E-state index contributed by atoms with van der Waals surface area (Å²) < 4.78 is 61.2. The van der Waals surface area contributed by atoms with Crippen molar-refractivity contribution in [2.24, 2.45) is 35.5 Å². The van der Waals surface area contributed by atoms with Gasteiger partial charge in [-0.25, -0.2) is 14.4 Å². The zero-order valence-corrected chi connectivity index (χ0v) is 56.5. The van der Waals surface area contributed by atoms with E-state index in [2.05, 4.69) is 0 Å². The summed E-state index contributed by atoms with van der Waals surface area (Å²) in [5.74, 6) is -4.07. The molecular weight excluding hydrogens is 1130 g/mol. The zero-order chi connectivity index (χ0) is 67.8. The van der Waals surface area contributed by atoms with Crippen molar-refractivity contribution in [3.8, 4) is 5.75 Å². The highest BCUT2D eigenvalue weighted by Gasteiger charge is 2.43. The average molecular weight is 1240 g/mol. The predicted molar refractivity (Wildman–Crippen MR) is 341 cm³/mol. The van der Waals surface area contributed by atoms with Gasteiger partial charge in [0.05, 0.1) is 33.5 Å². The highest BCUT2D eigenvalue weighted by atomic mass is 16.6. The number of carbonyl (C=O) groups is 7. The van der Waals surface area contributed by atoms with Crippen LogP contribution in [0.3, 0.4) is 0 Å². The lowest BCUT2D eigenvalue weighted by molar-refractivity contribution is -0.163. The van der Waals surface area contributed by atoms with Crippen LogP contribution in [-0.4, -0.2) is 148 Å². The van der Waals surface area contributed by atoms with E-state index in [0.717, 1.165) is 16.0 Å². The van der Waals surface area contributed by atoms with E-state index in [1.54, 1.807) is 119 Å². The van der Waals surface area contributed by atoms with Crippen LogP contribution >= 0.6 is 0 Å². The molecule has 6 atom stereocenters. The molecule has 0 bridgehead atoms. The van der Waals surface area contributed by atoms with E-state index in [0.29, 0.717) is 68.9 Å². The van der Waals surface area contributed by atoms with E-state index in [1.807, 2.05) is 92.6 Å². The molecule has 492 valence electrons. The topological polar surface area (TPSA) is 197 Å². The molecule has 3 aromatic carbocycles. The Morgan fingerprint density at radius 3 is 1.12 bits per heavy atom. The molecule has 3 aliphatic heterocycles. The molecule has 3 saturated heterocycles. The molecule has 0 N–H and O–H groups in total. The standard InChI is InChI=1S/C71H104N4O14/c1-66(2,3)84-60(77)56(52-28-31-73(44-52)63(80)87-69(10,11)12)39-47-22-19-24-49(36-47)42-59(76)72(43-51-26-20-23-48(37-51)40-57(61(78)85-67(4,5)6)53-29-32-74(45-53)64(81)88-70(13,14)15)34-35-83-55-27-21-25-50(38-55)41-58(62(79)86-68(7,8)9)54-30-33-75(46-54)65(82)89-71(16,17)18/h19-27,36-38,52-54,56-58H,28-35,39-46H2,1-18H3/t52-,53-,54-,56-,57-,58-/m0/s1/i43D2. The number of carbonyl (C=O) groups excluding carboxylic acids is 7. The molecule has 0 saturated carbocycles. The normalized spacial score (nSPS) is 19.1. The number of ether oxygens (including phenoxy) is 7. The molecule has 89 heavy (non-hydrogen) atoms. The first kappa shape index (κ1) is 68.1. The van der Waals surface area contributed by atoms with Crippen molar-refractivity contribution >= 4 is 42.1 Å². The summed E-state index contributed by atoms with van der Waals surface area (Å²) >= 11 is 0. The van der Waals surface area contributed by atoms with Gasteiger partial charge in [-0.3, -0.25) is 19.2 Å². The smallest absolute Gasteiger partial charge is 0.410 e. The maximum atomic E-state index is 15.1. The van der Waals surface area contributed by atoms with Crippen LogP contribution in [0.1, 0.15) is 174 Å². The number of benzene rings is 3. The summed E-state index contributed by atoms with van der Waals surface area (Å²) in [5, 5.41) is 0. The Morgan fingerprint density at radius 2 is 0.764 bits per heavy atom. The van der Waals surface area contributed by atoms with Gasteiger partial charge in [0.25, 0.3) is 0 Å². The van der Waals surface area contributed by atoms with E-state index < -0.39 is 94.0 Å². The average Bonchev–Trinajstić information content (AvgIpc) is 1.66. The van der Waals surface area contributed by atoms with Crippen LogP contribution in [0.2, 0.25) is 0 Å². The van der Waals surface area contributed by atoms with E-state index in [-0.39, 0.29) is 74.7 Å². The Hall–Kier alpha value is -6.85. The van der Waals surface area contributed by atoms with Crippen LogP contribution < -0.4 is 4.74 Å². The molecule has 0 aromatic heterocycles. The van der Waals surface area contributed by atoms with Crippen LogP contribution in [0.15, 0.2) is 72.8 Å². The molecule has 0 aliphatic carbocycles. The van der Waals surface area contributed by atoms with Gasteiger partial charge < -0.3 is 52.8 Å². The second-order valence-electron chi connectivity index (χ2n) is 30.3. The molecule has 18 heteroatoms. The Bertz CT molecular complexity index is 3040. The number of hydrogen-bond donors (Lipinski definition) is 0. The number of rotatable bonds is 20. The first-order chi connectivity index (χ1) is 41.9. The second-order valence-corrected chi connectivity index (χ2v) is 30.3. The van der Waals surface area contributed by atoms with Crippen molar-refractivity contribution < 1.29 is 69.5 Å². The number of nitrogens with zero attached hydrogens (tertiary/aromatic N) is 4. The lowest BCUT2D eigenvalue weighted by Crippen LogP contribution is -2.38. The van der Waals surface area contributed by atoms with Crippen molar-refractivity contribution in [2.45, 2.75) is 210 Å². The summed E-state index contributed by atoms with van der Waals surface area (Å²) in [7, 11) is 0. The summed E-state index contributed by atoms with van der Waals surface area (Å²) in [6.45, 7) is 31.8. The molecule has 3 heterocycles. The van der Waals surface area contributed by atoms with E-state index in [4.69, 9.17) is 33.2 Å². The first-order valence-electron chi connectivity index (χ1n) is 32.7. The highest BCUT2D eigenvalue weighted by Crippen LogP contribution is 2.35. The molecule has 3 aliphatic rings. The lowest BCUT2D eigenvalue weighted by Gasteiger charge is -2.28. The lowest BCUT2D eigenvalue weighted by atomic mass is 9.85. The molecule has 0 spiro atoms. The fraction of sp³-hybridized carbons (Fsp3) is 0.648. The Labute approximate surface area is 533 Å². The van der Waals surface area contributed by atoms with Crippen molar-refractivity contribution in [3.63, 3.8) is 0 Å². The molecular formula is C71H104N4O14. The highest BCUT2D eigenvalue weighted by molar-refractivity contribution is 5.79. The van der Waals surface area contributed by atoms with E-state index in [1.165, 1.54) is 0 Å². The van der Waals surface area contributed by atoms with Crippen molar-refractivity contribution in [1.82, 2.24) is 19.6 Å². The first-order valence-corrected chi connectivity index (χ1v) is 31.7. The number of hydrogen-bond acceptors (Lipinski definition) is 14. The van der Waals surface area contributed by atoms with Gasteiger partial charge in [0.15, 0.2) is 0 Å². The fourth-order valence-corrected chi connectivity index (χ4v) is 11.4. The fourth-order valence-electron chi connectivity index (χ4n) is 11.4. The molecule has 4 amide bonds. The van der Waals surface area contributed by atoms with Crippen LogP contribution in [-0.2, 0) is 79.8 Å². The number of likely N-dealkylation sites (tertiary alicyclic amines) is 3. The third-order valence-corrected chi connectivity index (χ3v) is 15.2. The van der Waals surface area contributed by atoms with Gasteiger partial charge in [-0.15, -0.1) is 0 Å². The van der Waals surface area contributed by atoms with E-state index >= 15 is 4.79 Å². The van der Waals surface area contributed by atoms with Crippen molar-refractivity contribution in [1.29, 1.82) is 0 Å². The van der Waals surface area contributed by atoms with E-state index in [9.17, 15) is 31.5 Å². The third-order valence-electron chi connectivity index (χ3n) is 15.2. The maximum absolute atomic E-state index is 15.1. The summed E-state index contributed by atoms with van der Waals surface area (Å²) in [6.07, 6.45) is 0.746. The van der Waals surface area contributed by atoms with Crippen molar-refractivity contribution in [2.75, 3.05) is 52.4 Å². The summed E-state index contributed by atoms with van der Waals surface area (Å²) in [6, 6.07) is 21.4. The minimum atomic E-state index is -2.46. The van der Waals surface area contributed by atoms with Gasteiger partial charge in [0.1, 0.15) is 46.0 Å². The minimum absolute atomic E-state index is 0.146. The Kier molecular flexibility index (Phi) is 22.5. The largest absolute Gasteiger partial charge is 0.492 e. The number of esters is 3. The molecule has 3 fully saturated rings. The minimum Gasteiger partial charge on any atom is -0.492 e. The monoisotopic (exact) mass is 1240 g/mol.